The first kappa shape index (κ1) is 7.67. The first-order valence-corrected chi connectivity index (χ1v) is 3.72. The number of carbonyl (C=O) groups is 1. The van der Waals surface area contributed by atoms with Crippen molar-refractivity contribution in [3.05, 3.63) is 29.8 Å². The van der Waals surface area contributed by atoms with Gasteiger partial charge in [-0.05, 0) is 12.1 Å². The largest absolute Gasteiger partial charge is 0.507 e. The molecule has 0 unspecified atom stereocenters. The molecular formula is C9H6N2O2. The molecule has 0 radical (unpaired) electrons. The minimum Gasteiger partial charge on any atom is -0.507 e. The summed E-state index contributed by atoms with van der Waals surface area (Å²) in [6, 6.07) is 6.15. The van der Waals surface area contributed by atoms with Crippen LogP contribution in [0.1, 0.15) is 5.56 Å². The fraction of sp³-hybridized carbons (Fsp3) is 0. The molecule has 64 valence electrons. The summed E-state index contributed by atoms with van der Waals surface area (Å²) in [5.74, 6) is 0.0994. The Labute approximate surface area is 74.3 Å². The number of carbonyl (C=O) groups excluding carboxylic acids is 1. The van der Waals surface area contributed by atoms with Crippen molar-refractivity contribution in [1.29, 1.82) is 0 Å². The first-order valence-electron chi connectivity index (χ1n) is 3.72. The zero-order valence-corrected chi connectivity index (χ0v) is 6.64. The predicted octanol–water partition coefficient (Wildman–Crippen LogP) is 1.39. The number of para-hydroxylation sites is 1. The van der Waals surface area contributed by atoms with Crippen LogP contribution in [0.2, 0.25) is 0 Å². The quantitative estimate of drug-likeness (QED) is 0.699. The standard InChI is InChI=1S/C9H6N2O2/c12-8-4-2-1-3-6(8)7-5-10-9(13)11-7/h1-5,12H. The van der Waals surface area contributed by atoms with Gasteiger partial charge in [0.15, 0.2) is 0 Å². The van der Waals surface area contributed by atoms with Gasteiger partial charge in [-0.2, -0.15) is 9.98 Å². The van der Waals surface area contributed by atoms with Crippen molar-refractivity contribution in [2.45, 2.75) is 0 Å². The van der Waals surface area contributed by atoms with Gasteiger partial charge in [0.25, 0.3) is 0 Å². The number of phenols is 1. The SMILES string of the molecule is O=C1N=CC(c2ccccc2O)=N1. The number of hydrogen-bond donors (Lipinski definition) is 1. The van der Waals surface area contributed by atoms with E-state index in [1.54, 1.807) is 18.2 Å². The third-order valence-electron chi connectivity index (χ3n) is 1.69. The number of nitrogens with zero attached hydrogens (tertiary/aromatic N) is 2. The summed E-state index contributed by atoms with van der Waals surface area (Å²) >= 11 is 0. The Hall–Kier alpha value is -1.97. The minimum absolute atomic E-state index is 0.0994. The average Bonchev–Trinajstić information content (AvgIpc) is 2.53. The van der Waals surface area contributed by atoms with Gasteiger partial charge in [0.05, 0.1) is 11.9 Å². The minimum atomic E-state index is -0.529. The van der Waals surface area contributed by atoms with Gasteiger partial charge >= 0.3 is 6.03 Å². The van der Waals surface area contributed by atoms with Crippen LogP contribution in [-0.4, -0.2) is 23.1 Å². The van der Waals surface area contributed by atoms with Crippen molar-refractivity contribution in [3.8, 4) is 5.75 Å². The molecule has 13 heavy (non-hydrogen) atoms. The van der Waals surface area contributed by atoms with Crippen molar-refractivity contribution < 1.29 is 9.90 Å². The van der Waals surface area contributed by atoms with Crippen molar-refractivity contribution in [2.24, 2.45) is 9.98 Å². The summed E-state index contributed by atoms with van der Waals surface area (Å²) in [7, 11) is 0. The first-order chi connectivity index (χ1) is 6.27. The van der Waals surface area contributed by atoms with Crippen LogP contribution in [0.15, 0.2) is 34.3 Å². The van der Waals surface area contributed by atoms with Gasteiger partial charge < -0.3 is 5.11 Å². The van der Waals surface area contributed by atoms with E-state index >= 15 is 0 Å². The number of aromatic hydroxyl groups is 1. The molecular weight excluding hydrogens is 168 g/mol. The molecule has 1 aliphatic rings. The Morgan fingerprint density at radius 2 is 2.00 bits per heavy atom. The normalized spacial score (nSPS) is 14.8. The van der Waals surface area contributed by atoms with E-state index in [0.29, 0.717) is 11.3 Å². The third-order valence-corrected chi connectivity index (χ3v) is 1.69. The number of rotatable bonds is 1. The molecule has 2 amide bonds. The average molecular weight is 174 g/mol. The Bertz CT molecular complexity index is 421. The molecule has 0 saturated carbocycles. The fourth-order valence-electron chi connectivity index (χ4n) is 1.10. The Morgan fingerprint density at radius 1 is 1.23 bits per heavy atom. The van der Waals surface area contributed by atoms with E-state index in [2.05, 4.69) is 9.98 Å². The van der Waals surface area contributed by atoms with E-state index in [9.17, 15) is 9.90 Å². The summed E-state index contributed by atoms with van der Waals surface area (Å²) in [5.41, 5.74) is 0.931. The fourth-order valence-corrected chi connectivity index (χ4v) is 1.10. The van der Waals surface area contributed by atoms with Crippen LogP contribution in [0.4, 0.5) is 4.79 Å². The van der Waals surface area contributed by atoms with Crippen LogP contribution in [0.25, 0.3) is 0 Å². The monoisotopic (exact) mass is 174 g/mol. The van der Waals surface area contributed by atoms with Gasteiger partial charge in [0.2, 0.25) is 0 Å². The number of amides is 2. The molecule has 1 aromatic carbocycles. The lowest BCUT2D eigenvalue weighted by Gasteiger charge is -1.99. The van der Waals surface area contributed by atoms with Gasteiger partial charge in [0, 0.05) is 5.56 Å². The van der Waals surface area contributed by atoms with Crippen molar-refractivity contribution in [1.82, 2.24) is 0 Å². The Morgan fingerprint density at radius 3 is 2.62 bits per heavy atom. The highest BCUT2D eigenvalue weighted by molar-refractivity contribution is 6.44. The third kappa shape index (κ3) is 1.33. The van der Waals surface area contributed by atoms with Gasteiger partial charge in [-0.1, -0.05) is 12.1 Å². The maximum Gasteiger partial charge on any atom is 0.367 e. The zero-order valence-electron chi connectivity index (χ0n) is 6.64. The molecule has 0 aromatic heterocycles. The number of benzene rings is 1. The van der Waals surface area contributed by atoms with Gasteiger partial charge in [-0.25, -0.2) is 4.79 Å². The van der Waals surface area contributed by atoms with Crippen LogP contribution in [0.3, 0.4) is 0 Å². The van der Waals surface area contributed by atoms with E-state index in [4.69, 9.17) is 0 Å². The molecule has 0 aliphatic carbocycles. The summed E-state index contributed by atoms with van der Waals surface area (Å²) in [5, 5.41) is 9.40. The number of phenolic OH excluding ortho intramolecular Hbond substituents is 1. The predicted molar refractivity (Wildman–Crippen MR) is 48.5 cm³/mol. The van der Waals surface area contributed by atoms with Crippen LogP contribution in [0, 0.1) is 0 Å². The van der Waals surface area contributed by atoms with Crippen molar-refractivity contribution >= 4 is 18.0 Å². The molecule has 1 N–H and O–H groups in total. The maximum atomic E-state index is 10.7. The van der Waals surface area contributed by atoms with Gasteiger partial charge in [-0.3, -0.25) is 0 Å². The molecule has 4 heteroatoms. The highest BCUT2D eigenvalue weighted by Gasteiger charge is 2.12. The molecule has 0 fully saturated rings. The highest BCUT2D eigenvalue weighted by atomic mass is 16.3. The van der Waals surface area contributed by atoms with E-state index in [1.165, 1.54) is 12.3 Å². The molecule has 2 rings (SSSR count). The smallest absolute Gasteiger partial charge is 0.367 e. The molecule has 0 saturated heterocycles. The van der Waals surface area contributed by atoms with Crippen molar-refractivity contribution in [3.63, 3.8) is 0 Å². The zero-order chi connectivity index (χ0) is 9.26. The van der Waals surface area contributed by atoms with Crippen LogP contribution >= 0.6 is 0 Å². The summed E-state index contributed by atoms with van der Waals surface area (Å²) in [6.07, 6.45) is 1.34. The Kier molecular flexibility index (Phi) is 1.66. The second-order valence-corrected chi connectivity index (χ2v) is 2.55. The molecule has 0 spiro atoms. The Balaban J connectivity index is 2.48. The lowest BCUT2D eigenvalue weighted by atomic mass is 10.1. The van der Waals surface area contributed by atoms with Gasteiger partial charge in [-0.15, -0.1) is 0 Å². The number of aliphatic imine (C=N–C) groups is 2. The van der Waals surface area contributed by atoms with Crippen LogP contribution in [0.5, 0.6) is 5.75 Å². The molecule has 1 heterocycles. The van der Waals surface area contributed by atoms with E-state index in [-0.39, 0.29) is 5.75 Å². The molecule has 0 bridgehead atoms. The summed E-state index contributed by atoms with van der Waals surface area (Å²) in [6.45, 7) is 0. The maximum absolute atomic E-state index is 10.7. The number of urea groups is 1. The van der Waals surface area contributed by atoms with E-state index < -0.39 is 6.03 Å². The number of hydrogen-bond acceptors (Lipinski definition) is 2. The summed E-state index contributed by atoms with van der Waals surface area (Å²) < 4.78 is 0. The highest BCUT2D eigenvalue weighted by Crippen LogP contribution is 2.17. The molecule has 1 aliphatic heterocycles. The van der Waals surface area contributed by atoms with Crippen LogP contribution < -0.4 is 0 Å². The van der Waals surface area contributed by atoms with E-state index in [1.807, 2.05) is 0 Å². The lowest BCUT2D eigenvalue weighted by Crippen LogP contribution is -1.98. The van der Waals surface area contributed by atoms with Crippen molar-refractivity contribution in [2.75, 3.05) is 0 Å². The second kappa shape index (κ2) is 2.82. The molecule has 4 nitrogen and oxygen atoms in total. The molecule has 0 atom stereocenters. The van der Waals surface area contributed by atoms with Crippen LogP contribution in [-0.2, 0) is 0 Å². The topological polar surface area (TPSA) is 62.0 Å². The second-order valence-electron chi connectivity index (χ2n) is 2.55. The van der Waals surface area contributed by atoms with E-state index in [0.717, 1.165) is 0 Å². The molecule has 1 aromatic rings. The summed E-state index contributed by atoms with van der Waals surface area (Å²) in [4.78, 5) is 17.7. The van der Waals surface area contributed by atoms with Gasteiger partial charge in [0.1, 0.15) is 5.75 Å². The lowest BCUT2D eigenvalue weighted by molar-refractivity contribution is 0.257.